The minimum absolute atomic E-state index is 0.442. The summed E-state index contributed by atoms with van der Waals surface area (Å²) in [5.74, 6) is 0. The molecule has 1 N–H and O–H groups in total. The molecular weight excluding hydrogens is 279 g/mol. The van der Waals surface area contributed by atoms with Crippen LogP contribution >= 0.6 is 27.5 Å². The second-order valence-electron chi connectivity index (χ2n) is 2.89. The van der Waals surface area contributed by atoms with Gasteiger partial charge in [0.1, 0.15) is 0 Å². The molecule has 78 valence electrons. The van der Waals surface area contributed by atoms with Gasteiger partial charge >= 0.3 is 0 Å². The summed E-state index contributed by atoms with van der Waals surface area (Å²) < 4.78 is 2.57. The summed E-state index contributed by atoms with van der Waals surface area (Å²) in [6.07, 6.45) is 5.24. The van der Waals surface area contributed by atoms with Crippen molar-refractivity contribution in [3.63, 3.8) is 0 Å². The number of nitrogens with zero attached hydrogens (tertiary/aromatic N) is 3. The van der Waals surface area contributed by atoms with Gasteiger partial charge in [-0.25, -0.2) is 4.68 Å². The molecule has 0 atom stereocenters. The van der Waals surface area contributed by atoms with Crippen LogP contribution in [0.2, 0.25) is 5.15 Å². The Kier molecular flexibility index (Phi) is 2.93. The van der Waals surface area contributed by atoms with Gasteiger partial charge in [-0.05, 0) is 22.0 Å². The Labute approximate surface area is 100 Å². The Morgan fingerprint density at radius 1 is 1.47 bits per heavy atom. The largest absolute Gasteiger partial charge is 0.384 e. The van der Waals surface area contributed by atoms with E-state index >= 15 is 0 Å². The fourth-order valence-corrected chi connectivity index (χ4v) is 1.76. The van der Waals surface area contributed by atoms with E-state index in [2.05, 4.69) is 31.3 Å². The van der Waals surface area contributed by atoms with E-state index in [9.17, 15) is 0 Å². The maximum absolute atomic E-state index is 5.91. The molecule has 0 bridgehead atoms. The number of halogens is 2. The van der Waals surface area contributed by atoms with E-state index in [1.165, 1.54) is 0 Å². The Morgan fingerprint density at radius 2 is 2.27 bits per heavy atom. The molecule has 0 radical (unpaired) electrons. The number of nitrogens with one attached hydrogen (secondary N) is 1. The number of anilines is 1. The molecule has 0 saturated carbocycles. The maximum atomic E-state index is 5.91. The molecule has 0 unspecified atom stereocenters. The first kappa shape index (κ1) is 10.4. The van der Waals surface area contributed by atoms with E-state index in [4.69, 9.17) is 11.6 Å². The molecule has 6 heteroatoms. The van der Waals surface area contributed by atoms with Crippen molar-refractivity contribution in [2.24, 2.45) is 0 Å². The summed E-state index contributed by atoms with van der Waals surface area (Å²) in [5, 5.41) is 7.55. The highest BCUT2D eigenvalue weighted by Crippen LogP contribution is 2.21. The first-order valence-electron chi connectivity index (χ1n) is 4.24. The Morgan fingerprint density at radius 3 is 2.87 bits per heavy atom. The van der Waals surface area contributed by atoms with Gasteiger partial charge in [-0.1, -0.05) is 11.6 Å². The van der Waals surface area contributed by atoms with Crippen molar-refractivity contribution >= 4 is 33.2 Å². The van der Waals surface area contributed by atoms with Crippen molar-refractivity contribution in [1.29, 1.82) is 0 Å². The van der Waals surface area contributed by atoms with E-state index in [-0.39, 0.29) is 0 Å². The minimum atomic E-state index is 0.442. The summed E-state index contributed by atoms with van der Waals surface area (Å²) in [6, 6.07) is 1.91. The third kappa shape index (κ3) is 2.13. The zero-order valence-electron chi connectivity index (χ0n) is 7.91. The van der Waals surface area contributed by atoms with E-state index < -0.39 is 0 Å². The molecule has 15 heavy (non-hydrogen) atoms. The van der Waals surface area contributed by atoms with Crippen molar-refractivity contribution in [1.82, 2.24) is 14.8 Å². The van der Waals surface area contributed by atoms with Crippen LogP contribution < -0.4 is 5.32 Å². The van der Waals surface area contributed by atoms with E-state index in [0.29, 0.717) is 5.15 Å². The molecule has 0 aromatic carbocycles. The van der Waals surface area contributed by atoms with Crippen LogP contribution in [0, 0.1) is 0 Å². The summed E-state index contributed by atoms with van der Waals surface area (Å²) in [7, 11) is 1.80. The van der Waals surface area contributed by atoms with Gasteiger partial charge in [0.15, 0.2) is 5.15 Å². The van der Waals surface area contributed by atoms with Gasteiger partial charge in [-0.3, -0.25) is 4.98 Å². The molecule has 2 heterocycles. The first-order chi connectivity index (χ1) is 7.20. The van der Waals surface area contributed by atoms with Crippen molar-refractivity contribution in [3.05, 3.63) is 34.3 Å². The summed E-state index contributed by atoms with van der Waals surface area (Å²) >= 11 is 9.26. The van der Waals surface area contributed by atoms with Gasteiger partial charge in [0.25, 0.3) is 0 Å². The second kappa shape index (κ2) is 4.20. The van der Waals surface area contributed by atoms with Crippen LogP contribution in [0.25, 0.3) is 5.69 Å². The monoisotopic (exact) mass is 286 g/mol. The van der Waals surface area contributed by atoms with Gasteiger partial charge < -0.3 is 5.32 Å². The van der Waals surface area contributed by atoms with Gasteiger partial charge in [0.2, 0.25) is 0 Å². The van der Waals surface area contributed by atoms with Gasteiger partial charge in [0.05, 0.1) is 23.8 Å². The zero-order valence-corrected chi connectivity index (χ0v) is 10.2. The van der Waals surface area contributed by atoms with Crippen LogP contribution in [0.5, 0.6) is 0 Å². The third-order valence-electron chi connectivity index (χ3n) is 1.89. The molecule has 2 rings (SSSR count). The predicted octanol–water partition coefficient (Wildman–Crippen LogP) is 2.72. The lowest BCUT2D eigenvalue weighted by molar-refractivity contribution is 0.873. The average molecular weight is 288 g/mol. The lowest BCUT2D eigenvalue weighted by atomic mass is 10.4. The van der Waals surface area contributed by atoms with Crippen LogP contribution in [-0.4, -0.2) is 21.8 Å². The molecule has 2 aromatic heterocycles. The molecule has 0 spiro atoms. The number of aromatic nitrogens is 3. The van der Waals surface area contributed by atoms with Crippen LogP contribution in [0.3, 0.4) is 0 Å². The first-order valence-corrected chi connectivity index (χ1v) is 5.41. The number of rotatable bonds is 2. The van der Waals surface area contributed by atoms with Crippen LogP contribution in [0.4, 0.5) is 5.69 Å². The molecule has 0 aliphatic heterocycles. The van der Waals surface area contributed by atoms with Crippen molar-refractivity contribution < 1.29 is 0 Å². The predicted molar refractivity (Wildman–Crippen MR) is 63.6 cm³/mol. The Hall–Kier alpha value is -1.07. The third-order valence-corrected chi connectivity index (χ3v) is 2.61. The maximum Gasteiger partial charge on any atom is 0.174 e. The highest BCUT2D eigenvalue weighted by molar-refractivity contribution is 9.10. The molecule has 0 amide bonds. The zero-order chi connectivity index (χ0) is 10.8. The van der Waals surface area contributed by atoms with Crippen LogP contribution in [-0.2, 0) is 0 Å². The second-order valence-corrected chi connectivity index (χ2v) is 4.16. The van der Waals surface area contributed by atoms with Crippen molar-refractivity contribution in [3.8, 4) is 5.69 Å². The van der Waals surface area contributed by atoms with Crippen LogP contribution in [0.1, 0.15) is 0 Å². The highest BCUT2D eigenvalue weighted by Gasteiger charge is 2.06. The summed E-state index contributed by atoms with van der Waals surface area (Å²) in [6.45, 7) is 0. The SMILES string of the molecule is CNc1cn(-c2cncc(Br)c2)nc1Cl. The van der Waals surface area contributed by atoms with Crippen molar-refractivity contribution in [2.75, 3.05) is 12.4 Å². The fourth-order valence-electron chi connectivity index (χ4n) is 1.18. The Balaban J connectivity index is 2.45. The van der Waals surface area contributed by atoms with Gasteiger partial charge in [0, 0.05) is 17.7 Å². The lowest BCUT2D eigenvalue weighted by Gasteiger charge is -1.99. The van der Waals surface area contributed by atoms with Gasteiger partial charge in [-0.15, -0.1) is 0 Å². The standard InChI is InChI=1S/C9H8BrClN4/c1-12-8-5-15(14-9(8)11)7-2-6(10)3-13-4-7/h2-5,12H,1H3. The summed E-state index contributed by atoms with van der Waals surface area (Å²) in [4.78, 5) is 4.05. The molecule has 0 fully saturated rings. The Bertz CT molecular complexity index is 483. The molecule has 0 aliphatic carbocycles. The molecule has 2 aromatic rings. The number of hydrogen-bond acceptors (Lipinski definition) is 3. The topological polar surface area (TPSA) is 42.7 Å². The normalized spacial score (nSPS) is 10.3. The van der Waals surface area contributed by atoms with E-state index in [0.717, 1.165) is 15.8 Å². The highest BCUT2D eigenvalue weighted by atomic mass is 79.9. The summed E-state index contributed by atoms with van der Waals surface area (Å²) in [5.41, 5.74) is 1.64. The van der Waals surface area contributed by atoms with Crippen molar-refractivity contribution in [2.45, 2.75) is 0 Å². The van der Waals surface area contributed by atoms with E-state index in [1.807, 2.05) is 12.3 Å². The fraction of sp³-hybridized carbons (Fsp3) is 0.111. The molecule has 0 saturated heterocycles. The van der Waals surface area contributed by atoms with Gasteiger partial charge in [-0.2, -0.15) is 5.10 Å². The average Bonchev–Trinajstić information content (AvgIpc) is 2.60. The molecule has 0 aliphatic rings. The smallest absolute Gasteiger partial charge is 0.174 e. The molecule has 4 nitrogen and oxygen atoms in total. The number of hydrogen-bond donors (Lipinski definition) is 1. The quantitative estimate of drug-likeness (QED) is 0.923. The van der Waals surface area contributed by atoms with E-state index in [1.54, 1.807) is 24.1 Å². The molecular formula is C9H8BrClN4. The van der Waals surface area contributed by atoms with Crippen LogP contribution in [0.15, 0.2) is 29.1 Å². The lowest BCUT2D eigenvalue weighted by Crippen LogP contribution is -1.94. The minimum Gasteiger partial charge on any atom is -0.384 e. The number of pyridine rings is 1.